The van der Waals surface area contributed by atoms with Gasteiger partial charge in [0.05, 0.1) is 6.20 Å². The van der Waals surface area contributed by atoms with E-state index in [1.165, 1.54) is 0 Å². The number of hydrogen-bond donors (Lipinski definition) is 1. The quantitative estimate of drug-likeness (QED) is 0.545. The first kappa shape index (κ1) is 15.0. The minimum atomic E-state index is 0.809. The fraction of sp³-hybridized carbons (Fsp3) is 0.357. The minimum absolute atomic E-state index is 0.809. The molecule has 1 N–H and O–H groups in total. The van der Waals surface area contributed by atoms with E-state index in [-0.39, 0.29) is 0 Å². The van der Waals surface area contributed by atoms with Gasteiger partial charge in [-0.15, -0.1) is 0 Å². The topological polar surface area (TPSA) is 38.1 Å². The molecule has 0 aliphatic rings. The lowest BCUT2D eigenvalue weighted by molar-refractivity contribution is 0.493. The van der Waals surface area contributed by atoms with Gasteiger partial charge in [0.25, 0.3) is 0 Å². The maximum absolute atomic E-state index is 5.82. The van der Waals surface area contributed by atoms with Crippen molar-refractivity contribution < 1.29 is 4.42 Å². The van der Waals surface area contributed by atoms with Crippen molar-refractivity contribution in [3.05, 3.63) is 38.3 Å². The van der Waals surface area contributed by atoms with E-state index in [1.807, 2.05) is 12.3 Å². The van der Waals surface area contributed by atoms with E-state index in [9.17, 15) is 0 Å². The predicted octanol–water partition coefficient (Wildman–Crippen LogP) is 4.25. The van der Waals surface area contributed by atoms with Crippen LogP contribution < -0.4 is 5.32 Å². The Morgan fingerprint density at radius 2 is 2.26 bits per heavy atom. The first-order valence-corrected chi connectivity index (χ1v) is 8.18. The number of rotatable bonds is 6. The summed E-state index contributed by atoms with van der Waals surface area (Å²) < 4.78 is 8.03. The summed E-state index contributed by atoms with van der Waals surface area (Å²) in [5.74, 6) is 1.65. The minimum Gasteiger partial charge on any atom is -0.441 e. The van der Waals surface area contributed by atoms with Crippen LogP contribution >= 0.6 is 38.5 Å². The van der Waals surface area contributed by atoms with Crippen molar-refractivity contribution in [1.29, 1.82) is 0 Å². The third-order valence-corrected chi connectivity index (χ3v) is 4.18. The summed E-state index contributed by atoms with van der Waals surface area (Å²) in [6.07, 6.45) is 3.73. The number of nitrogens with zero attached hydrogens (tertiary/aromatic N) is 1. The summed E-state index contributed by atoms with van der Waals surface area (Å²) in [4.78, 5) is 4.35. The standard InChI is InChI=1S/C14H16BrIN2O/c1-2-17-7-3-4-14-18-9-13(19-14)11-8-10(15)5-6-12(11)16/h5-6,8-9,17H,2-4,7H2,1H3. The number of aromatic nitrogens is 1. The number of halogens is 2. The molecule has 0 aliphatic carbocycles. The molecule has 2 rings (SSSR count). The summed E-state index contributed by atoms with van der Waals surface area (Å²) in [7, 11) is 0. The Morgan fingerprint density at radius 1 is 1.42 bits per heavy atom. The largest absolute Gasteiger partial charge is 0.441 e. The Balaban J connectivity index is 2.06. The van der Waals surface area contributed by atoms with Gasteiger partial charge in [-0.3, -0.25) is 0 Å². The Bertz CT molecular complexity index is 542. The zero-order chi connectivity index (χ0) is 13.7. The molecule has 0 saturated carbocycles. The van der Waals surface area contributed by atoms with Gasteiger partial charge in [-0.05, 0) is 60.3 Å². The summed E-state index contributed by atoms with van der Waals surface area (Å²) in [6.45, 7) is 4.12. The molecule has 5 heteroatoms. The molecule has 0 aliphatic heterocycles. The molecule has 1 heterocycles. The fourth-order valence-electron chi connectivity index (χ4n) is 1.78. The predicted molar refractivity (Wildman–Crippen MR) is 89.2 cm³/mol. The molecular weight excluding hydrogens is 419 g/mol. The lowest BCUT2D eigenvalue weighted by Gasteiger charge is -2.01. The third-order valence-electron chi connectivity index (χ3n) is 2.74. The van der Waals surface area contributed by atoms with Crippen LogP contribution in [0.4, 0.5) is 0 Å². The van der Waals surface area contributed by atoms with E-state index in [0.29, 0.717) is 0 Å². The molecule has 0 amide bonds. The van der Waals surface area contributed by atoms with Crippen molar-refractivity contribution in [3.8, 4) is 11.3 Å². The number of hydrogen-bond acceptors (Lipinski definition) is 3. The summed E-state index contributed by atoms with van der Waals surface area (Å²) in [5.41, 5.74) is 1.08. The van der Waals surface area contributed by atoms with Crippen molar-refractivity contribution in [1.82, 2.24) is 10.3 Å². The van der Waals surface area contributed by atoms with Crippen LogP contribution in [0.2, 0.25) is 0 Å². The first-order chi connectivity index (χ1) is 9.20. The highest BCUT2D eigenvalue weighted by Crippen LogP contribution is 2.29. The van der Waals surface area contributed by atoms with Crippen LogP contribution in [0, 0.1) is 3.57 Å². The second kappa shape index (κ2) is 7.40. The molecule has 0 atom stereocenters. The van der Waals surface area contributed by atoms with E-state index < -0.39 is 0 Å². The van der Waals surface area contributed by atoms with Crippen LogP contribution in [-0.4, -0.2) is 18.1 Å². The van der Waals surface area contributed by atoms with Crippen LogP contribution in [-0.2, 0) is 6.42 Å². The van der Waals surface area contributed by atoms with Gasteiger partial charge in [0.15, 0.2) is 11.7 Å². The molecule has 0 bridgehead atoms. The smallest absolute Gasteiger partial charge is 0.194 e. The van der Waals surface area contributed by atoms with Gasteiger partial charge in [-0.25, -0.2) is 4.98 Å². The molecule has 0 saturated heterocycles. The Morgan fingerprint density at radius 3 is 3.05 bits per heavy atom. The van der Waals surface area contributed by atoms with Crippen molar-refractivity contribution >= 4 is 38.5 Å². The third kappa shape index (κ3) is 4.29. The molecule has 3 nitrogen and oxygen atoms in total. The second-order valence-corrected chi connectivity index (χ2v) is 6.28. The van der Waals surface area contributed by atoms with E-state index >= 15 is 0 Å². The molecule has 0 spiro atoms. The van der Waals surface area contributed by atoms with Crippen molar-refractivity contribution in [3.63, 3.8) is 0 Å². The monoisotopic (exact) mass is 434 g/mol. The molecule has 0 fully saturated rings. The molecule has 0 unspecified atom stereocenters. The highest BCUT2D eigenvalue weighted by atomic mass is 127. The van der Waals surface area contributed by atoms with Gasteiger partial charge in [-0.1, -0.05) is 22.9 Å². The molecule has 1 aromatic heterocycles. The fourth-order valence-corrected chi connectivity index (χ4v) is 2.74. The Kier molecular flexibility index (Phi) is 5.84. The lowest BCUT2D eigenvalue weighted by Crippen LogP contribution is -2.14. The van der Waals surface area contributed by atoms with Crippen molar-refractivity contribution in [2.24, 2.45) is 0 Å². The average Bonchev–Trinajstić information content (AvgIpc) is 2.86. The van der Waals surface area contributed by atoms with E-state index in [4.69, 9.17) is 4.42 Å². The van der Waals surface area contributed by atoms with E-state index in [1.54, 1.807) is 0 Å². The van der Waals surface area contributed by atoms with Gasteiger partial charge in [0, 0.05) is 20.0 Å². The summed E-state index contributed by atoms with van der Waals surface area (Å²) >= 11 is 5.80. The highest BCUT2D eigenvalue weighted by molar-refractivity contribution is 14.1. The number of nitrogens with one attached hydrogen (secondary N) is 1. The van der Waals surface area contributed by atoms with E-state index in [2.05, 4.69) is 67.9 Å². The van der Waals surface area contributed by atoms with Crippen LogP contribution in [0.15, 0.2) is 33.3 Å². The lowest BCUT2D eigenvalue weighted by atomic mass is 10.2. The van der Waals surface area contributed by atoms with Gasteiger partial charge in [0.1, 0.15) is 0 Å². The summed E-state index contributed by atoms with van der Waals surface area (Å²) in [5, 5.41) is 3.30. The first-order valence-electron chi connectivity index (χ1n) is 6.31. The van der Waals surface area contributed by atoms with Crippen molar-refractivity contribution in [2.45, 2.75) is 19.8 Å². The van der Waals surface area contributed by atoms with Gasteiger partial charge in [-0.2, -0.15) is 0 Å². The molecule has 1 aromatic carbocycles. The van der Waals surface area contributed by atoms with Crippen LogP contribution in [0.3, 0.4) is 0 Å². The number of oxazole rings is 1. The Labute approximate surface area is 135 Å². The molecule has 0 radical (unpaired) electrons. The maximum Gasteiger partial charge on any atom is 0.194 e. The van der Waals surface area contributed by atoms with Crippen LogP contribution in [0.1, 0.15) is 19.2 Å². The van der Waals surface area contributed by atoms with Gasteiger partial charge in [0.2, 0.25) is 0 Å². The normalized spacial score (nSPS) is 10.9. The van der Waals surface area contributed by atoms with Crippen molar-refractivity contribution in [2.75, 3.05) is 13.1 Å². The second-order valence-electron chi connectivity index (χ2n) is 4.20. The summed E-state index contributed by atoms with van der Waals surface area (Å²) in [6, 6.07) is 6.15. The number of benzene rings is 1. The highest BCUT2D eigenvalue weighted by Gasteiger charge is 2.10. The zero-order valence-electron chi connectivity index (χ0n) is 10.7. The molecule has 2 aromatic rings. The average molecular weight is 435 g/mol. The molecule has 19 heavy (non-hydrogen) atoms. The number of aryl methyl sites for hydroxylation is 1. The Hall–Kier alpha value is -0.400. The van der Waals surface area contributed by atoms with Crippen LogP contribution in [0.5, 0.6) is 0 Å². The van der Waals surface area contributed by atoms with E-state index in [0.717, 1.165) is 51.2 Å². The van der Waals surface area contributed by atoms with Gasteiger partial charge >= 0.3 is 0 Å². The van der Waals surface area contributed by atoms with Crippen LogP contribution in [0.25, 0.3) is 11.3 Å². The maximum atomic E-state index is 5.82. The zero-order valence-corrected chi connectivity index (χ0v) is 14.5. The van der Waals surface area contributed by atoms with Gasteiger partial charge < -0.3 is 9.73 Å². The molecule has 102 valence electrons. The molecular formula is C14H16BrIN2O. The SMILES string of the molecule is CCNCCCc1ncc(-c2cc(Br)ccc2I)o1.